The summed E-state index contributed by atoms with van der Waals surface area (Å²) in [4.78, 5) is 6.15. The average Bonchev–Trinajstić information content (AvgIpc) is 2.91. The van der Waals surface area contributed by atoms with Crippen molar-refractivity contribution in [2.24, 2.45) is 0 Å². The Labute approximate surface area is 111 Å². The Hall–Kier alpha value is -0.710. The van der Waals surface area contributed by atoms with Crippen LogP contribution in [0.5, 0.6) is 0 Å². The summed E-state index contributed by atoms with van der Waals surface area (Å²) in [5.41, 5.74) is 3.88. The fraction of sp³-hybridized carbons (Fsp3) is 0.462. The van der Waals surface area contributed by atoms with Crippen molar-refractivity contribution < 1.29 is 0 Å². The van der Waals surface area contributed by atoms with E-state index >= 15 is 0 Å². The molecule has 0 aliphatic heterocycles. The Morgan fingerprint density at radius 1 is 1.29 bits per heavy atom. The Morgan fingerprint density at radius 2 is 2.12 bits per heavy atom. The van der Waals surface area contributed by atoms with E-state index in [1.807, 2.05) is 11.3 Å². The molecule has 0 bridgehead atoms. The summed E-state index contributed by atoms with van der Waals surface area (Å²) in [5, 5.41) is 8.95. The first kappa shape index (κ1) is 12.7. The second-order valence-electron chi connectivity index (χ2n) is 3.99. The molecule has 0 saturated heterocycles. The predicted molar refractivity (Wildman–Crippen MR) is 76.9 cm³/mol. The van der Waals surface area contributed by atoms with Crippen LogP contribution in [0, 0.1) is 6.92 Å². The summed E-state index contributed by atoms with van der Waals surface area (Å²) < 4.78 is 0. The summed E-state index contributed by atoms with van der Waals surface area (Å²) in [6.07, 6.45) is 1.01. The van der Waals surface area contributed by atoms with E-state index in [-0.39, 0.29) is 0 Å². The van der Waals surface area contributed by atoms with Crippen LogP contribution in [0.4, 0.5) is 0 Å². The Bertz CT molecular complexity index is 485. The number of hydrogen-bond donors (Lipinski definition) is 1. The summed E-state index contributed by atoms with van der Waals surface area (Å²) in [7, 11) is 0. The summed E-state index contributed by atoms with van der Waals surface area (Å²) >= 11 is 3.58. The highest BCUT2D eigenvalue weighted by molar-refractivity contribution is 7.15. The van der Waals surface area contributed by atoms with Gasteiger partial charge in [-0.2, -0.15) is 11.3 Å². The first-order valence-electron chi connectivity index (χ1n) is 5.98. The van der Waals surface area contributed by atoms with Crippen molar-refractivity contribution in [2.45, 2.75) is 33.7 Å². The molecule has 1 N–H and O–H groups in total. The lowest BCUT2D eigenvalue weighted by molar-refractivity contribution is 0.727. The van der Waals surface area contributed by atoms with Crippen LogP contribution in [0.25, 0.3) is 10.6 Å². The van der Waals surface area contributed by atoms with Gasteiger partial charge in [-0.15, -0.1) is 11.3 Å². The number of hydrogen-bond acceptors (Lipinski definition) is 4. The van der Waals surface area contributed by atoms with Crippen molar-refractivity contribution in [3.05, 3.63) is 26.9 Å². The van der Waals surface area contributed by atoms with Gasteiger partial charge < -0.3 is 5.32 Å². The first-order valence-corrected chi connectivity index (χ1v) is 7.74. The number of thiazole rings is 1. The quantitative estimate of drug-likeness (QED) is 0.889. The van der Waals surface area contributed by atoms with E-state index in [0.717, 1.165) is 19.5 Å². The van der Waals surface area contributed by atoms with Crippen LogP contribution >= 0.6 is 22.7 Å². The molecule has 2 heterocycles. The number of nitrogens with zero attached hydrogens (tertiary/aromatic N) is 1. The maximum absolute atomic E-state index is 4.77. The normalized spacial score (nSPS) is 11.0. The Morgan fingerprint density at radius 3 is 2.71 bits per heavy atom. The third-order valence-corrected chi connectivity index (χ3v) is 4.73. The lowest BCUT2D eigenvalue weighted by Gasteiger charge is -1.99. The number of rotatable bonds is 5. The smallest absolute Gasteiger partial charge is 0.125 e. The monoisotopic (exact) mass is 266 g/mol. The van der Waals surface area contributed by atoms with E-state index < -0.39 is 0 Å². The highest BCUT2D eigenvalue weighted by Gasteiger charge is 2.12. The highest BCUT2D eigenvalue weighted by atomic mass is 32.1. The van der Waals surface area contributed by atoms with Crippen LogP contribution in [0.2, 0.25) is 0 Å². The fourth-order valence-electron chi connectivity index (χ4n) is 1.73. The molecular weight excluding hydrogens is 248 g/mol. The molecule has 0 amide bonds. The van der Waals surface area contributed by atoms with Crippen molar-refractivity contribution in [1.29, 1.82) is 0 Å². The van der Waals surface area contributed by atoms with E-state index in [0.29, 0.717) is 0 Å². The fourth-order valence-corrected chi connectivity index (χ4v) is 3.84. The predicted octanol–water partition coefficient (Wildman–Crippen LogP) is 3.85. The Kier molecular flexibility index (Phi) is 4.31. The van der Waals surface area contributed by atoms with E-state index in [2.05, 4.69) is 36.8 Å². The second kappa shape index (κ2) is 5.76. The minimum absolute atomic E-state index is 0.945. The van der Waals surface area contributed by atoms with Gasteiger partial charge in [-0.3, -0.25) is 0 Å². The van der Waals surface area contributed by atoms with Gasteiger partial charge in [0, 0.05) is 22.4 Å². The molecule has 2 nitrogen and oxygen atoms in total. The maximum atomic E-state index is 4.77. The minimum Gasteiger partial charge on any atom is -0.312 e. The highest BCUT2D eigenvalue weighted by Crippen LogP contribution is 2.32. The van der Waals surface area contributed by atoms with Gasteiger partial charge >= 0.3 is 0 Å². The molecule has 17 heavy (non-hydrogen) atoms. The van der Waals surface area contributed by atoms with Crippen LogP contribution < -0.4 is 5.32 Å². The standard InChI is InChI=1S/C13H18N2S2/c1-4-11-12(6-14-5-2)17-13(15-11)10-8-16-7-9(10)3/h7-8,14H,4-6H2,1-3H3. The van der Waals surface area contributed by atoms with Crippen LogP contribution in [0.1, 0.15) is 30.0 Å². The molecule has 0 unspecified atom stereocenters. The largest absolute Gasteiger partial charge is 0.312 e. The van der Waals surface area contributed by atoms with Crippen LogP contribution in [-0.2, 0) is 13.0 Å². The summed E-state index contributed by atoms with van der Waals surface area (Å²) in [6.45, 7) is 8.42. The first-order chi connectivity index (χ1) is 8.26. The molecule has 2 rings (SSSR count). The van der Waals surface area contributed by atoms with Crippen molar-refractivity contribution in [3.63, 3.8) is 0 Å². The van der Waals surface area contributed by atoms with Crippen molar-refractivity contribution in [1.82, 2.24) is 10.3 Å². The molecule has 2 aromatic heterocycles. The topological polar surface area (TPSA) is 24.9 Å². The van der Waals surface area contributed by atoms with Gasteiger partial charge in [0.05, 0.1) is 5.69 Å². The zero-order chi connectivity index (χ0) is 12.3. The molecule has 0 aliphatic carbocycles. The molecule has 92 valence electrons. The summed E-state index contributed by atoms with van der Waals surface area (Å²) in [6, 6.07) is 0. The molecule has 0 saturated carbocycles. The minimum atomic E-state index is 0.945. The van der Waals surface area contributed by atoms with Crippen LogP contribution in [0.3, 0.4) is 0 Å². The molecule has 0 radical (unpaired) electrons. The van der Waals surface area contributed by atoms with Crippen molar-refractivity contribution in [3.8, 4) is 10.6 Å². The van der Waals surface area contributed by atoms with E-state index in [9.17, 15) is 0 Å². The van der Waals surface area contributed by atoms with Crippen LogP contribution in [-0.4, -0.2) is 11.5 Å². The molecule has 0 aliphatic rings. The van der Waals surface area contributed by atoms with Gasteiger partial charge in [0.25, 0.3) is 0 Å². The van der Waals surface area contributed by atoms with Gasteiger partial charge in [-0.25, -0.2) is 4.98 Å². The maximum Gasteiger partial charge on any atom is 0.125 e. The van der Waals surface area contributed by atoms with Crippen LogP contribution in [0.15, 0.2) is 10.8 Å². The lowest BCUT2D eigenvalue weighted by Crippen LogP contribution is -2.11. The second-order valence-corrected chi connectivity index (χ2v) is 5.82. The summed E-state index contributed by atoms with van der Waals surface area (Å²) in [5.74, 6) is 0. The molecule has 0 aromatic carbocycles. The Balaban J connectivity index is 2.31. The molecule has 0 spiro atoms. The number of thiophene rings is 1. The number of aryl methyl sites for hydroxylation is 2. The zero-order valence-electron chi connectivity index (χ0n) is 10.5. The van der Waals surface area contributed by atoms with Gasteiger partial charge in [-0.1, -0.05) is 13.8 Å². The molecule has 4 heteroatoms. The number of nitrogens with one attached hydrogen (secondary N) is 1. The van der Waals surface area contributed by atoms with Gasteiger partial charge in [-0.05, 0) is 30.8 Å². The van der Waals surface area contributed by atoms with Gasteiger partial charge in [0.2, 0.25) is 0 Å². The molecule has 2 aromatic rings. The van der Waals surface area contributed by atoms with Crippen molar-refractivity contribution in [2.75, 3.05) is 6.54 Å². The average molecular weight is 266 g/mol. The molecule has 0 fully saturated rings. The SMILES string of the molecule is CCNCc1sc(-c2cscc2C)nc1CC. The van der Waals surface area contributed by atoms with Gasteiger partial charge in [0.15, 0.2) is 0 Å². The molecular formula is C13H18N2S2. The number of aromatic nitrogens is 1. The van der Waals surface area contributed by atoms with Gasteiger partial charge in [0.1, 0.15) is 5.01 Å². The van der Waals surface area contributed by atoms with E-state index in [1.54, 1.807) is 11.3 Å². The third-order valence-electron chi connectivity index (χ3n) is 2.73. The third kappa shape index (κ3) is 2.76. The molecule has 0 atom stereocenters. The lowest BCUT2D eigenvalue weighted by atomic mass is 10.2. The van der Waals surface area contributed by atoms with E-state index in [1.165, 1.54) is 26.7 Å². The van der Waals surface area contributed by atoms with E-state index in [4.69, 9.17) is 4.98 Å². The van der Waals surface area contributed by atoms with Crippen molar-refractivity contribution >= 4 is 22.7 Å². The zero-order valence-corrected chi connectivity index (χ0v) is 12.2.